The minimum atomic E-state index is -0.197. The van der Waals surface area contributed by atoms with Crippen LogP contribution in [0.4, 0.5) is 10.1 Å². The van der Waals surface area contributed by atoms with Gasteiger partial charge in [0.2, 0.25) is 0 Å². The Hall–Kier alpha value is -2.12. The summed E-state index contributed by atoms with van der Waals surface area (Å²) in [6.45, 7) is 8.83. The molecular weight excluding hydrogens is 363 g/mol. The third kappa shape index (κ3) is 5.43. The Labute approximate surface area is 164 Å². The van der Waals surface area contributed by atoms with Crippen molar-refractivity contribution in [2.24, 2.45) is 4.99 Å². The Morgan fingerprint density at radius 1 is 1.26 bits per heavy atom. The van der Waals surface area contributed by atoms with Crippen LogP contribution >= 0.6 is 11.3 Å². The highest BCUT2D eigenvalue weighted by Crippen LogP contribution is 2.22. The van der Waals surface area contributed by atoms with Crippen LogP contribution in [0.3, 0.4) is 0 Å². The van der Waals surface area contributed by atoms with E-state index in [0.717, 1.165) is 37.7 Å². The fourth-order valence-corrected chi connectivity index (χ4v) is 3.82. The van der Waals surface area contributed by atoms with Gasteiger partial charge in [-0.3, -0.25) is 0 Å². The molecule has 0 atom stereocenters. The topological polar surface area (TPSA) is 48.9 Å². The summed E-state index contributed by atoms with van der Waals surface area (Å²) in [5.41, 5.74) is 2.78. The maximum atomic E-state index is 14.5. The molecule has 1 saturated heterocycles. The summed E-state index contributed by atoms with van der Waals surface area (Å²) in [5, 5.41) is 8.68. The van der Waals surface area contributed by atoms with Gasteiger partial charge in [0.1, 0.15) is 5.82 Å². The van der Waals surface area contributed by atoms with E-state index in [2.05, 4.69) is 34.0 Å². The molecule has 2 N–H and O–H groups in total. The zero-order valence-corrected chi connectivity index (χ0v) is 16.7. The third-order valence-electron chi connectivity index (χ3n) is 4.51. The lowest BCUT2D eigenvalue weighted by molar-refractivity contribution is 0.122. The second-order valence-electron chi connectivity index (χ2n) is 6.46. The first-order valence-electron chi connectivity index (χ1n) is 9.33. The first-order valence-corrected chi connectivity index (χ1v) is 10.2. The molecule has 0 amide bonds. The predicted octanol–water partition coefficient (Wildman–Crippen LogP) is 3.29. The van der Waals surface area contributed by atoms with Gasteiger partial charge < -0.3 is 20.3 Å². The molecule has 1 aliphatic heterocycles. The van der Waals surface area contributed by atoms with E-state index < -0.39 is 0 Å². The lowest BCUT2D eigenvalue weighted by atomic mass is 10.1. The van der Waals surface area contributed by atoms with Crippen molar-refractivity contribution in [2.75, 3.05) is 37.7 Å². The zero-order chi connectivity index (χ0) is 19.1. The molecule has 0 bridgehead atoms. The van der Waals surface area contributed by atoms with E-state index in [1.807, 2.05) is 24.0 Å². The van der Waals surface area contributed by atoms with E-state index in [4.69, 9.17) is 4.74 Å². The van der Waals surface area contributed by atoms with Crippen LogP contribution in [0.1, 0.15) is 22.9 Å². The molecule has 1 aromatic carbocycles. The molecule has 1 fully saturated rings. The van der Waals surface area contributed by atoms with Gasteiger partial charge in [-0.1, -0.05) is 6.07 Å². The normalized spacial score (nSPS) is 15.1. The van der Waals surface area contributed by atoms with Crippen molar-refractivity contribution in [3.8, 4) is 0 Å². The molecule has 0 spiro atoms. The largest absolute Gasteiger partial charge is 0.378 e. The number of ether oxygens (including phenoxy) is 1. The van der Waals surface area contributed by atoms with Gasteiger partial charge in [0.05, 0.1) is 32.0 Å². The van der Waals surface area contributed by atoms with E-state index >= 15 is 0 Å². The molecule has 2 heterocycles. The standard InChI is InChI=1S/C20H27FN4OS/c1-3-22-20(24-14-19-15(2)6-11-27-19)23-13-16-4-5-18(17(21)12-16)25-7-9-26-10-8-25/h4-6,11-12H,3,7-10,13-14H2,1-2H3,(H2,22,23,24). The molecular formula is C20H27FN4OS. The second-order valence-corrected chi connectivity index (χ2v) is 7.46. The molecule has 2 aromatic rings. The van der Waals surface area contributed by atoms with Gasteiger partial charge in [-0.25, -0.2) is 9.38 Å². The van der Waals surface area contributed by atoms with Gasteiger partial charge in [-0.15, -0.1) is 11.3 Å². The minimum Gasteiger partial charge on any atom is -0.378 e. The van der Waals surface area contributed by atoms with Crippen LogP contribution in [0, 0.1) is 12.7 Å². The third-order valence-corrected chi connectivity index (χ3v) is 5.54. The summed E-state index contributed by atoms with van der Waals surface area (Å²) >= 11 is 1.73. The number of guanidine groups is 1. The maximum Gasteiger partial charge on any atom is 0.191 e. The highest BCUT2D eigenvalue weighted by Gasteiger charge is 2.15. The van der Waals surface area contributed by atoms with Gasteiger partial charge in [-0.2, -0.15) is 0 Å². The van der Waals surface area contributed by atoms with Crippen LogP contribution in [0.15, 0.2) is 34.6 Å². The number of hydrogen-bond donors (Lipinski definition) is 2. The van der Waals surface area contributed by atoms with E-state index in [1.54, 1.807) is 17.4 Å². The van der Waals surface area contributed by atoms with Gasteiger partial charge in [0.25, 0.3) is 0 Å². The van der Waals surface area contributed by atoms with Crippen LogP contribution in [-0.2, 0) is 17.8 Å². The van der Waals surface area contributed by atoms with Crippen molar-refractivity contribution in [3.63, 3.8) is 0 Å². The zero-order valence-electron chi connectivity index (χ0n) is 15.9. The Balaban J connectivity index is 1.62. The quantitative estimate of drug-likeness (QED) is 0.587. The number of morpholine rings is 1. The highest BCUT2D eigenvalue weighted by atomic mass is 32.1. The van der Waals surface area contributed by atoms with Crippen LogP contribution < -0.4 is 15.5 Å². The van der Waals surface area contributed by atoms with Crippen LogP contribution in [0.5, 0.6) is 0 Å². The van der Waals surface area contributed by atoms with Gasteiger partial charge >= 0.3 is 0 Å². The molecule has 3 rings (SSSR count). The van der Waals surface area contributed by atoms with Crippen molar-refractivity contribution in [3.05, 3.63) is 51.5 Å². The van der Waals surface area contributed by atoms with Crippen molar-refractivity contribution >= 4 is 23.0 Å². The SMILES string of the molecule is CCNC(=NCc1ccc(N2CCOCC2)c(F)c1)NCc1sccc1C. The lowest BCUT2D eigenvalue weighted by Crippen LogP contribution is -2.37. The molecule has 1 aliphatic rings. The second kappa shape index (κ2) is 9.71. The average Bonchev–Trinajstić information content (AvgIpc) is 3.09. The van der Waals surface area contributed by atoms with E-state index in [0.29, 0.717) is 25.4 Å². The molecule has 146 valence electrons. The molecule has 1 aromatic heterocycles. The number of hydrogen-bond acceptors (Lipinski definition) is 4. The van der Waals surface area contributed by atoms with Crippen molar-refractivity contribution in [2.45, 2.75) is 26.9 Å². The molecule has 0 unspecified atom stereocenters. The molecule has 0 saturated carbocycles. The molecule has 7 heteroatoms. The number of nitrogens with zero attached hydrogens (tertiary/aromatic N) is 2. The van der Waals surface area contributed by atoms with Gasteiger partial charge in [0, 0.05) is 24.5 Å². The number of rotatable bonds is 6. The maximum absolute atomic E-state index is 14.5. The minimum absolute atomic E-state index is 0.197. The number of thiophene rings is 1. The fraction of sp³-hybridized carbons (Fsp3) is 0.450. The van der Waals surface area contributed by atoms with Crippen molar-refractivity contribution in [1.82, 2.24) is 10.6 Å². The Morgan fingerprint density at radius 3 is 2.74 bits per heavy atom. The van der Waals surface area contributed by atoms with Crippen molar-refractivity contribution in [1.29, 1.82) is 0 Å². The average molecular weight is 391 g/mol. The fourth-order valence-electron chi connectivity index (χ4n) is 2.97. The summed E-state index contributed by atoms with van der Waals surface area (Å²) in [7, 11) is 0. The Kier molecular flexibility index (Phi) is 7.06. The Morgan fingerprint density at radius 2 is 2.07 bits per heavy atom. The molecule has 0 aliphatic carbocycles. The number of benzene rings is 1. The number of nitrogens with one attached hydrogen (secondary N) is 2. The summed E-state index contributed by atoms with van der Waals surface area (Å²) in [6.07, 6.45) is 0. The molecule has 27 heavy (non-hydrogen) atoms. The van der Waals surface area contributed by atoms with E-state index in [-0.39, 0.29) is 5.82 Å². The van der Waals surface area contributed by atoms with Gasteiger partial charge in [0.15, 0.2) is 5.96 Å². The highest BCUT2D eigenvalue weighted by molar-refractivity contribution is 7.10. The first kappa shape index (κ1) is 19.6. The lowest BCUT2D eigenvalue weighted by Gasteiger charge is -2.29. The van der Waals surface area contributed by atoms with E-state index in [9.17, 15) is 4.39 Å². The first-order chi connectivity index (χ1) is 13.2. The predicted molar refractivity (Wildman–Crippen MR) is 110 cm³/mol. The summed E-state index contributed by atoms with van der Waals surface area (Å²) in [5.74, 6) is 0.541. The summed E-state index contributed by atoms with van der Waals surface area (Å²) < 4.78 is 19.9. The van der Waals surface area contributed by atoms with Gasteiger partial charge in [-0.05, 0) is 48.6 Å². The van der Waals surface area contributed by atoms with Crippen LogP contribution in [-0.4, -0.2) is 38.8 Å². The summed E-state index contributed by atoms with van der Waals surface area (Å²) in [6, 6.07) is 7.50. The number of aryl methyl sites for hydroxylation is 1. The monoisotopic (exact) mass is 390 g/mol. The summed E-state index contributed by atoms with van der Waals surface area (Å²) in [4.78, 5) is 7.92. The van der Waals surface area contributed by atoms with Crippen LogP contribution in [0.25, 0.3) is 0 Å². The Bertz CT molecular complexity index is 771. The smallest absolute Gasteiger partial charge is 0.191 e. The van der Waals surface area contributed by atoms with E-state index in [1.165, 1.54) is 10.4 Å². The van der Waals surface area contributed by atoms with Crippen LogP contribution in [0.2, 0.25) is 0 Å². The van der Waals surface area contributed by atoms with Crippen molar-refractivity contribution < 1.29 is 9.13 Å². The number of aliphatic imine (C=N–C) groups is 1. The number of anilines is 1. The molecule has 0 radical (unpaired) electrons. The number of halogens is 1. The molecule has 5 nitrogen and oxygen atoms in total.